The summed E-state index contributed by atoms with van der Waals surface area (Å²) in [5, 5.41) is 3.59. The van der Waals surface area contributed by atoms with E-state index in [1.54, 1.807) is 5.57 Å². The van der Waals surface area contributed by atoms with Gasteiger partial charge in [0.05, 0.1) is 0 Å². The molecule has 0 fully saturated rings. The van der Waals surface area contributed by atoms with E-state index in [0.717, 1.165) is 19.4 Å². The third-order valence-electron chi connectivity index (χ3n) is 3.42. The Morgan fingerprint density at radius 3 is 2.81 bits per heavy atom. The molecule has 1 atom stereocenters. The summed E-state index contributed by atoms with van der Waals surface area (Å²) >= 11 is 0. The quantitative estimate of drug-likeness (QED) is 0.635. The van der Waals surface area contributed by atoms with Crippen LogP contribution in [0, 0.1) is 0 Å². The highest BCUT2D eigenvalue weighted by molar-refractivity contribution is 5.09. The van der Waals surface area contributed by atoms with Gasteiger partial charge >= 0.3 is 0 Å². The third-order valence-corrected chi connectivity index (χ3v) is 3.42. The summed E-state index contributed by atoms with van der Waals surface area (Å²) in [6.07, 6.45) is 11.3. The van der Waals surface area contributed by atoms with E-state index in [1.807, 2.05) is 0 Å². The molecule has 1 nitrogen and oxygen atoms in total. The Balaban J connectivity index is 2.42. The normalized spacial score (nSPS) is 18.0. The minimum atomic E-state index is 0.613. The van der Waals surface area contributed by atoms with Crippen LogP contribution in [0.2, 0.25) is 0 Å². The van der Waals surface area contributed by atoms with Gasteiger partial charge in [-0.2, -0.15) is 0 Å². The second kappa shape index (κ2) is 7.67. The Morgan fingerprint density at radius 2 is 2.25 bits per heavy atom. The largest absolute Gasteiger partial charge is 0.314 e. The summed E-state index contributed by atoms with van der Waals surface area (Å²) in [5.74, 6) is 0. The van der Waals surface area contributed by atoms with Crippen molar-refractivity contribution in [1.29, 1.82) is 0 Å². The van der Waals surface area contributed by atoms with Gasteiger partial charge in [-0.1, -0.05) is 37.6 Å². The highest BCUT2D eigenvalue weighted by Crippen LogP contribution is 2.23. The van der Waals surface area contributed by atoms with E-state index in [2.05, 4.69) is 31.8 Å². The number of hydrogen-bond donors (Lipinski definition) is 1. The molecule has 1 rings (SSSR count). The predicted octanol–water partition coefficient (Wildman–Crippen LogP) is 4.21. The van der Waals surface area contributed by atoms with E-state index in [0.29, 0.717) is 6.04 Å². The zero-order valence-corrected chi connectivity index (χ0v) is 11.0. The molecular formula is C15H27N. The van der Waals surface area contributed by atoms with Crippen LogP contribution in [0.25, 0.3) is 0 Å². The predicted molar refractivity (Wildman–Crippen MR) is 72.7 cm³/mol. The molecule has 92 valence electrons. The fourth-order valence-electron chi connectivity index (χ4n) is 2.40. The van der Waals surface area contributed by atoms with Gasteiger partial charge in [0.15, 0.2) is 0 Å². The Bertz CT molecular complexity index is 240. The molecule has 0 radical (unpaired) electrons. The maximum absolute atomic E-state index is 4.13. The van der Waals surface area contributed by atoms with Gasteiger partial charge in [0.25, 0.3) is 0 Å². The van der Waals surface area contributed by atoms with Gasteiger partial charge < -0.3 is 5.32 Å². The number of nitrogens with one attached hydrogen (secondary N) is 1. The van der Waals surface area contributed by atoms with Gasteiger partial charge in [-0.25, -0.2) is 0 Å². The Morgan fingerprint density at radius 1 is 1.44 bits per heavy atom. The molecule has 0 saturated heterocycles. The average molecular weight is 221 g/mol. The minimum absolute atomic E-state index is 0.613. The monoisotopic (exact) mass is 221 g/mol. The van der Waals surface area contributed by atoms with E-state index in [-0.39, 0.29) is 0 Å². The van der Waals surface area contributed by atoms with Crippen LogP contribution in [0.1, 0.15) is 58.8 Å². The molecule has 1 aliphatic carbocycles. The SMILES string of the molecule is C=C(CC)CC(CC1=CCCCC1)NCC. The molecule has 0 aromatic heterocycles. The van der Waals surface area contributed by atoms with Gasteiger partial charge in [0, 0.05) is 6.04 Å². The first-order valence-corrected chi connectivity index (χ1v) is 6.84. The third kappa shape index (κ3) is 4.98. The number of allylic oxidation sites excluding steroid dienone is 1. The maximum atomic E-state index is 4.13. The van der Waals surface area contributed by atoms with Crippen LogP contribution in [0.4, 0.5) is 0 Å². The lowest BCUT2D eigenvalue weighted by Gasteiger charge is -2.22. The fourth-order valence-corrected chi connectivity index (χ4v) is 2.40. The molecule has 0 aromatic rings. The number of hydrogen-bond acceptors (Lipinski definition) is 1. The van der Waals surface area contributed by atoms with Crippen molar-refractivity contribution in [2.75, 3.05) is 6.54 Å². The van der Waals surface area contributed by atoms with Crippen LogP contribution in [-0.4, -0.2) is 12.6 Å². The van der Waals surface area contributed by atoms with Crippen LogP contribution in [0.3, 0.4) is 0 Å². The molecule has 1 N–H and O–H groups in total. The maximum Gasteiger partial charge on any atom is 0.0141 e. The highest BCUT2D eigenvalue weighted by atomic mass is 14.9. The van der Waals surface area contributed by atoms with E-state index >= 15 is 0 Å². The first kappa shape index (κ1) is 13.5. The molecule has 0 aromatic carbocycles. The van der Waals surface area contributed by atoms with Crippen molar-refractivity contribution < 1.29 is 0 Å². The van der Waals surface area contributed by atoms with Crippen LogP contribution in [0.15, 0.2) is 23.8 Å². The fraction of sp³-hybridized carbons (Fsp3) is 0.733. The first-order chi connectivity index (χ1) is 7.76. The molecular weight excluding hydrogens is 194 g/mol. The molecule has 0 saturated carbocycles. The summed E-state index contributed by atoms with van der Waals surface area (Å²) in [5.41, 5.74) is 3.04. The highest BCUT2D eigenvalue weighted by Gasteiger charge is 2.12. The Hall–Kier alpha value is -0.560. The zero-order valence-electron chi connectivity index (χ0n) is 11.0. The van der Waals surface area contributed by atoms with Gasteiger partial charge in [0.1, 0.15) is 0 Å². The van der Waals surface area contributed by atoms with E-state index < -0.39 is 0 Å². The lowest BCUT2D eigenvalue weighted by atomic mass is 9.91. The second-order valence-electron chi connectivity index (χ2n) is 4.87. The molecule has 1 aliphatic rings. The van der Waals surface area contributed by atoms with Gasteiger partial charge in [0.2, 0.25) is 0 Å². The van der Waals surface area contributed by atoms with Crippen LogP contribution in [0.5, 0.6) is 0 Å². The molecule has 0 aliphatic heterocycles. The Labute approximate surface area is 101 Å². The molecule has 1 unspecified atom stereocenters. The summed E-state index contributed by atoms with van der Waals surface area (Å²) in [4.78, 5) is 0. The number of rotatable bonds is 7. The average Bonchev–Trinajstić information content (AvgIpc) is 2.30. The lowest BCUT2D eigenvalue weighted by Crippen LogP contribution is -2.29. The summed E-state index contributed by atoms with van der Waals surface area (Å²) in [6, 6.07) is 0.613. The van der Waals surface area contributed by atoms with Crippen LogP contribution < -0.4 is 5.32 Å². The van der Waals surface area contributed by atoms with Crippen molar-refractivity contribution in [3.8, 4) is 0 Å². The van der Waals surface area contributed by atoms with Gasteiger partial charge in [-0.15, -0.1) is 0 Å². The summed E-state index contributed by atoms with van der Waals surface area (Å²) in [6.45, 7) is 9.58. The van der Waals surface area contributed by atoms with Crippen molar-refractivity contribution in [3.05, 3.63) is 23.8 Å². The first-order valence-electron chi connectivity index (χ1n) is 6.84. The standard InChI is InChI=1S/C15H27N/c1-4-13(3)11-15(16-5-2)12-14-9-7-6-8-10-14/h9,15-16H,3-8,10-12H2,1-2H3. The summed E-state index contributed by atoms with van der Waals surface area (Å²) in [7, 11) is 0. The van der Waals surface area contributed by atoms with Crippen molar-refractivity contribution in [2.24, 2.45) is 0 Å². The van der Waals surface area contributed by atoms with Crippen molar-refractivity contribution >= 4 is 0 Å². The van der Waals surface area contributed by atoms with E-state index in [4.69, 9.17) is 0 Å². The van der Waals surface area contributed by atoms with Gasteiger partial charge in [-0.3, -0.25) is 0 Å². The molecule has 0 bridgehead atoms. The molecule has 0 spiro atoms. The smallest absolute Gasteiger partial charge is 0.0141 e. The van der Waals surface area contributed by atoms with Crippen LogP contribution in [-0.2, 0) is 0 Å². The molecule has 0 heterocycles. The van der Waals surface area contributed by atoms with E-state index in [1.165, 1.54) is 37.7 Å². The van der Waals surface area contributed by atoms with Crippen molar-refractivity contribution in [3.63, 3.8) is 0 Å². The topological polar surface area (TPSA) is 12.0 Å². The molecule has 16 heavy (non-hydrogen) atoms. The molecule has 1 heteroatoms. The zero-order chi connectivity index (χ0) is 11.8. The van der Waals surface area contributed by atoms with Crippen molar-refractivity contribution in [2.45, 2.75) is 64.8 Å². The Kier molecular flexibility index (Phi) is 6.47. The lowest BCUT2D eigenvalue weighted by molar-refractivity contribution is 0.499. The van der Waals surface area contributed by atoms with Gasteiger partial charge in [-0.05, 0) is 51.5 Å². The molecule has 0 amide bonds. The second-order valence-corrected chi connectivity index (χ2v) is 4.87. The summed E-state index contributed by atoms with van der Waals surface area (Å²) < 4.78 is 0. The van der Waals surface area contributed by atoms with E-state index in [9.17, 15) is 0 Å². The minimum Gasteiger partial charge on any atom is -0.314 e. The van der Waals surface area contributed by atoms with Crippen LogP contribution >= 0.6 is 0 Å². The van der Waals surface area contributed by atoms with Crippen molar-refractivity contribution in [1.82, 2.24) is 5.32 Å².